The van der Waals surface area contributed by atoms with Gasteiger partial charge in [-0.15, -0.1) is 0 Å². The summed E-state index contributed by atoms with van der Waals surface area (Å²) in [5.41, 5.74) is 0. The zero-order valence-corrected chi connectivity index (χ0v) is 12.1. The van der Waals surface area contributed by atoms with Gasteiger partial charge in [0, 0.05) is 32.2 Å². The van der Waals surface area contributed by atoms with E-state index in [-0.39, 0.29) is 6.10 Å². The number of nitrogens with zero attached hydrogens (tertiary/aromatic N) is 2. The molecule has 0 bridgehead atoms. The smallest absolute Gasteiger partial charge is 0.0834 e. The first-order valence-corrected chi connectivity index (χ1v) is 7.68. The van der Waals surface area contributed by atoms with Crippen LogP contribution in [0.25, 0.3) is 0 Å². The molecule has 2 atom stereocenters. The summed E-state index contributed by atoms with van der Waals surface area (Å²) in [6.07, 6.45) is 7.79. The van der Waals surface area contributed by atoms with Gasteiger partial charge in [0.05, 0.1) is 19.3 Å². The molecule has 2 saturated heterocycles. The fourth-order valence-electron chi connectivity index (χ4n) is 3.01. The highest BCUT2D eigenvalue weighted by Gasteiger charge is 2.35. The third-order valence-electron chi connectivity index (χ3n) is 4.10. The first-order valence-electron chi connectivity index (χ1n) is 7.68. The van der Waals surface area contributed by atoms with Crippen LogP contribution in [0.5, 0.6) is 0 Å². The number of unbranched alkanes of at least 4 members (excludes halogenated alkanes) is 1. The van der Waals surface area contributed by atoms with Crippen molar-refractivity contribution in [3.05, 3.63) is 12.2 Å². The number of rotatable bonds is 6. The van der Waals surface area contributed by atoms with Crippen LogP contribution in [0.4, 0.5) is 0 Å². The molecule has 4 heteroatoms. The molecule has 0 spiro atoms. The van der Waals surface area contributed by atoms with Gasteiger partial charge >= 0.3 is 0 Å². The van der Waals surface area contributed by atoms with Crippen LogP contribution in [-0.2, 0) is 4.74 Å². The van der Waals surface area contributed by atoms with E-state index in [0.29, 0.717) is 6.04 Å². The fraction of sp³-hybridized carbons (Fsp3) is 0.867. The number of β-amino-alcohol motifs (C(OH)–C–C–N with tert-alkyl or cyclic N) is 1. The Bertz CT molecular complexity index is 277. The maximum atomic E-state index is 10.2. The minimum atomic E-state index is -0.190. The largest absolute Gasteiger partial charge is 0.390 e. The Morgan fingerprint density at radius 3 is 2.74 bits per heavy atom. The summed E-state index contributed by atoms with van der Waals surface area (Å²) in [7, 11) is 0. The summed E-state index contributed by atoms with van der Waals surface area (Å²) in [5, 5.41) is 10.2. The predicted molar refractivity (Wildman–Crippen MR) is 77.3 cm³/mol. The van der Waals surface area contributed by atoms with Gasteiger partial charge in [0.15, 0.2) is 0 Å². The molecule has 2 fully saturated rings. The second kappa shape index (κ2) is 8.00. The predicted octanol–water partition coefficient (Wildman–Crippen LogP) is 1.11. The van der Waals surface area contributed by atoms with Gasteiger partial charge in [0.1, 0.15) is 0 Å². The summed E-state index contributed by atoms with van der Waals surface area (Å²) >= 11 is 0. The topological polar surface area (TPSA) is 35.9 Å². The Balaban J connectivity index is 1.69. The monoisotopic (exact) mass is 268 g/mol. The molecular weight excluding hydrogens is 240 g/mol. The van der Waals surface area contributed by atoms with Crippen molar-refractivity contribution >= 4 is 0 Å². The highest BCUT2D eigenvalue weighted by molar-refractivity contribution is 4.91. The number of hydrogen-bond donors (Lipinski definition) is 1. The molecule has 0 aromatic heterocycles. The molecule has 0 unspecified atom stereocenters. The van der Waals surface area contributed by atoms with E-state index in [0.717, 1.165) is 58.8 Å². The van der Waals surface area contributed by atoms with Gasteiger partial charge < -0.3 is 9.84 Å². The maximum absolute atomic E-state index is 10.2. The molecule has 0 aliphatic carbocycles. The minimum absolute atomic E-state index is 0.190. The number of aliphatic hydroxyl groups excluding tert-OH is 1. The van der Waals surface area contributed by atoms with Crippen LogP contribution in [0.15, 0.2) is 12.2 Å². The van der Waals surface area contributed by atoms with E-state index >= 15 is 0 Å². The second-order valence-corrected chi connectivity index (χ2v) is 5.56. The van der Waals surface area contributed by atoms with Gasteiger partial charge in [-0.3, -0.25) is 9.80 Å². The first-order chi connectivity index (χ1) is 9.31. The molecule has 0 radical (unpaired) electrons. The summed E-state index contributed by atoms with van der Waals surface area (Å²) in [6, 6.07) is 0.315. The SMILES string of the molecule is CC/C=C\CCCN1C[C@H](O)[C@@H](N2CCOCC2)C1. The zero-order valence-electron chi connectivity index (χ0n) is 12.1. The number of ether oxygens (including phenoxy) is 1. The Morgan fingerprint density at radius 2 is 2.00 bits per heavy atom. The molecule has 2 heterocycles. The molecule has 0 aromatic rings. The molecule has 0 aromatic carbocycles. The van der Waals surface area contributed by atoms with Crippen molar-refractivity contribution in [1.29, 1.82) is 0 Å². The van der Waals surface area contributed by atoms with Crippen LogP contribution in [-0.4, -0.2) is 73.0 Å². The van der Waals surface area contributed by atoms with Gasteiger partial charge in [-0.1, -0.05) is 19.1 Å². The number of aliphatic hydroxyl groups is 1. The standard InChI is InChI=1S/C15H28N2O2/c1-2-3-4-5-6-7-16-12-14(15(18)13-16)17-8-10-19-11-9-17/h3-4,14-15,18H,2,5-13H2,1H3/b4-3-/t14-,15-/m0/s1. The van der Waals surface area contributed by atoms with E-state index in [9.17, 15) is 5.11 Å². The number of allylic oxidation sites excluding steroid dienone is 2. The Hall–Kier alpha value is -0.420. The van der Waals surface area contributed by atoms with E-state index in [1.54, 1.807) is 0 Å². The third-order valence-corrected chi connectivity index (χ3v) is 4.10. The highest BCUT2D eigenvalue weighted by atomic mass is 16.5. The Labute approximate surface area is 117 Å². The van der Waals surface area contributed by atoms with Crippen molar-refractivity contribution in [2.75, 3.05) is 45.9 Å². The van der Waals surface area contributed by atoms with Crippen LogP contribution < -0.4 is 0 Å². The molecule has 2 aliphatic heterocycles. The molecule has 2 aliphatic rings. The van der Waals surface area contributed by atoms with Crippen molar-refractivity contribution in [1.82, 2.24) is 9.80 Å². The zero-order chi connectivity index (χ0) is 13.5. The molecule has 1 N–H and O–H groups in total. The van der Waals surface area contributed by atoms with E-state index in [4.69, 9.17) is 4.74 Å². The molecule has 0 amide bonds. The van der Waals surface area contributed by atoms with E-state index in [1.807, 2.05) is 0 Å². The summed E-state index contributed by atoms with van der Waals surface area (Å²) in [6.45, 7) is 8.67. The number of hydrogen-bond acceptors (Lipinski definition) is 4. The molecular formula is C15H28N2O2. The lowest BCUT2D eigenvalue weighted by molar-refractivity contribution is -0.00616. The van der Waals surface area contributed by atoms with E-state index in [1.165, 1.54) is 6.42 Å². The van der Waals surface area contributed by atoms with E-state index < -0.39 is 0 Å². The highest BCUT2D eigenvalue weighted by Crippen LogP contribution is 2.18. The van der Waals surface area contributed by atoms with Gasteiger partial charge in [0.25, 0.3) is 0 Å². The lowest BCUT2D eigenvalue weighted by Crippen LogP contribution is -2.48. The normalized spacial score (nSPS) is 30.4. The Kier molecular flexibility index (Phi) is 6.31. The number of likely N-dealkylation sites (tertiary alicyclic amines) is 1. The summed E-state index contributed by atoms with van der Waals surface area (Å²) < 4.78 is 5.38. The summed E-state index contributed by atoms with van der Waals surface area (Å²) in [4.78, 5) is 4.80. The van der Waals surface area contributed by atoms with Gasteiger partial charge in [-0.2, -0.15) is 0 Å². The van der Waals surface area contributed by atoms with Gasteiger partial charge in [-0.25, -0.2) is 0 Å². The average molecular weight is 268 g/mol. The van der Waals surface area contributed by atoms with Crippen LogP contribution in [0.1, 0.15) is 26.2 Å². The molecule has 4 nitrogen and oxygen atoms in total. The lowest BCUT2D eigenvalue weighted by atomic mass is 10.1. The maximum Gasteiger partial charge on any atom is 0.0834 e. The van der Waals surface area contributed by atoms with Crippen molar-refractivity contribution in [2.45, 2.75) is 38.3 Å². The molecule has 19 heavy (non-hydrogen) atoms. The Morgan fingerprint density at radius 1 is 1.21 bits per heavy atom. The van der Waals surface area contributed by atoms with Crippen molar-refractivity contribution < 1.29 is 9.84 Å². The van der Waals surface area contributed by atoms with Crippen molar-refractivity contribution in [3.8, 4) is 0 Å². The number of morpholine rings is 1. The minimum Gasteiger partial charge on any atom is -0.390 e. The van der Waals surface area contributed by atoms with Crippen molar-refractivity contribution in [3.63, 3.8) is 0 Å². The van der Waals surface area contributed by atoms with Gasteiger partial charge in [-0.05, 0) is 25.8 Å². The van der Waals surface area contributed by atoms with Crippen LogP contribution in [0, 0.1) is 0 Å². The fourth-order valence-corrected chi connectivity index (χ4v) is 3.01. The third kappa shape index (κ3) is 4.56. The second-order valence-electron chi connectivity index (χ2n) is 5.56. The molecule has 110 valence electrons. The first kappa shape index (κ1) is 15.0. The average Bonchev–Trinajstić information content (AvgIpc) is 2.81. The van der Waals surface area contributed by atoms with Crippen LogP contribution in [0.2, 0.25) is 0 Å². The molecule has 2 rings (SSSR count). The van der Waals surface area contributed by atoms with E-state index in [2.05, 4.69) is 28.9 Å². The van der Waals surface area contributed by atoms with Crippen LogP contribution >= 0.6 is 0 Å². The van der Waals surface area contributed by atoms with Gasteiger partial charge in [0.2, 0.25) is 0 Å². The quantitative estimate of drug-likeness (QED) is 0.578. The van der Waals surface area contributed by atoms with Crippen LogP contribution in [0.3, 0.4) is 0 Å². The lowest BCUT2D eigenvalue weighted by Gasteiger charge is -2.33. The summed E-state index contributed by atoms with van der Waals surface area (Å²) in [5.74, 6) is 0. The molecule has 0 saturated carbocycles. The van der Waals surface area contributed by atoms with Crippen molar-refractivity contribution in [2.24, 2.45) is 0 Å².